The zero-order valence-electron chi connectivity index (χ0n) is 9.10. The van der Waals surface area contributed by atoms with Crippen molar-refractivity contribution in [1.82, 2.24) is 0 Å². The first kappa shape index (κ1) is 11.3. The van der Waals surface area contributed by atoms with Crippen molar-refractivity contribution in [2.24, 2.45) is 0 Å². The van der Waals surface area contributed by atoms with Crippen LogP contribution in [-0.4, -0.2) is 7.85 Å². The average Bonchev–Trinajstić information content (AvgIpc) is 2.09. The predicted molar refractivity (Wildman–Crippen MR) is 59.2 cm³/mol. The number of aryl methyl sites for hydroxylation is 1. The fourth-order valence-corrected chi connectivity index (χ4v) is 1.61. The molecule has 0 N–H and O–H groups in total. The topological polar surface area (TPSA) is 0 Å². The Kier molecular flexibility index (Phi) is 3.36. The van der Waals surface area contributed by atoms with Crippen molar-refractivity contribution < 1.29 is 4.39 Å². The van der Waals surface area contributed by atoms with Gasteiger partial charge in [0.2, 0.25) is 0 Å². The number of hydrogen-bond donors (Lipinski definition) is 0. The van der Waals surface area contributed by atoms with Crippen molar-refractivity contribution >= 4 is 7.85 Å². The van der Waals surface area contributed by atoms with Gasteiger partial charge in [0.25, 0.3) is 0 Å². The summed E-state index contributed by atoms with van der Waals surface area (Å²) >= 11 is 0. The smallest absolute Gasteiger partial charge is 0.126 e. The van der Waals surface area contributed by atoms with E-state index in [1.54, 1.807) is 19.1 Å². The molecule has 1 aromatic rings. The normalized spacial score (nSPS) is 15.1. The van der Waals surface area contributed by atoms with Gasteiger partial charge in [0.15, 0.2) is 0 Å². The number of halogens is 1. The SMILES string of the molecule is [B]C(C)(CCC)c1ccc(C)c(F)c1. The molecule has 0 saturated heterocycles. The van der Waals surface area contributed by atoms with Crippen molar-refractivity contribution in [2.75, 3.05) is 0 Å². The average molecular weight is 190 g/mol. The van der Waals surface area contributed by atoms with Crippen LogP contribution in [0.5, 0.6) is 0 Å². The number of hydrogen-bond acceptors (Lipinski definition) is 0. The van der Waals surface area contributed by atoms with Gasteiger partial charge in [0, 0.05) is 0 Å². The van der Waals surface area contributed by atoms with Gasteiger partial charge >= 0.3 is 0 Å². The van der Waals surface area contributed by atoms with Crippen LogP contribution in [0.15, 0.2) is 18.2 Å². The standard InChI is InChI=1S/C12H16BF/c1-4-7-12(3,13)10-6-5-9(2)11(14)8-10/h5-6,8H,4,7H2,1-3H3. The van der Waals surface area contributed by atoms with Crippen molar-refractivity contribution in [2.45, 2.75) is 38.9 Å². The molecule has 1 aromatic carbocycles. The second-order valence-electron chi connectivity index (χ2n) is 4.13. The van der Waals surface area contributed by atoms with Crippen LogP contribution in [0.1, 0.15) is 37.8 Å². The van der Waals surface area contributed by atoms with Crippen LogP contribution < -0.4 is 0 Å². The second-order valence-corrected chi connectivity index (χ2v) is 4.13. The molecule has 0 fully saturated rings. The molecule has 0 bridgehead atoms. The lowest BCUT2D eigenvalue weighted by atomic mass is 9.63. The lowest BCUT2D eigenvalue weighted by Crippen LogP contribution is -2.21. The summed E-state index contributed by atoms with van der Waals surface area (Å²) in [6.45, 7) is 5.78. The van der Waals surface area contributed by atoms with E-state index in [1.165, 1.54) is 0 Å². The van der Waals surface area contributed by atoms with Crippen LogP contribution in [-0.2, 0) is 5.31 Å². The summed E-state index contributed by atoms with van der Waals surface area (Å²) in [6.07, 6.45) is 1.87. The molecule has 0 aromatic heterocycles. The third kappa shape index (κ3) is 2.37. The second kappa shape index (κ2) is 4.16. The summed E-state index contributed by atoms with van der Waals surface area (Å²) in [5.41, 5.74) is 1.54. The van der Waals surface area contributed by atoms with Crippen molar-refractivity contribution in [3.63, 3.8) is 0 Å². The maximum Gasteiger partial charge on any atom is 0.126 e. The van der Waals surface area contributed by atoms with Gasteiger partial charge in [-0.25, -0.2) is 4.39 Å². The first-order chi connectivity index (χ1) is 6.47. The third-order valence-corrected chi connectivity index (χ3v) is 2.60. The van der Waals surface area contributed by atoms with E-state index >= 15 is 0 Å². The van der Waals surface area contributed by atoms with E-state index in [-0.39, 0.29) is 5.82 Å². The van der Waals surface area contributed by atoms with E-state index in [1.807, 2.05) is 13.0 Å². The Bertz CT molecular complexity index is 318. The van der Waals surface area contributed by atoms with Gasteiger partial charge in [0.05, 0.1) is 7.85 Å². The van der Waals surface area contributed by atoms with E-state index in [0.29, 0.717) is 5.56 Å². The molecule has 0 heterocycles. The lowest BCUT2D eigenvalue weighted by molar-refractivity contribution is 0.576. The van der Waals surface area contributed by atoms with Crippen LogP contribution in [0.3, 0.4) is 0 Å². The Hall–Kier alpha value is -0.785. The molecule has 0 aliphatic carbocycles. The zero-order valence-corrected chi connectivity index (χ0v) is 9.10. The molecule has 0 aliphatic heterocycles. The highest BCUT2D eigenvalue weighted by atomic mass is 19.1. The van der Waals surface area contributed by atoms with E-state index in [4.69, 9.17) is 7.85 Å². The van der Waals surface area contributed by atoms with Crippen LogP contribution in [0, 0.1) is 12.7 Å². The fourth-order valence-electron chi connectivity index (χ4n) is 1.61. The Labute approximate surface area is 86.9 Å². The molecule has 14 heavy (non-hydrogen) atoms. The fraction of sp³-hybridized carbons (Fsp3) is 0.500. The molecule has 1 unspecified atom stereocenters. The monoisotopic (exact) mass is 190 g/mol. The van der Waals surface area contributed by atoms with E-state index < -0.39 is 5.31 Å². The molecule has 0 aliphatic rings. The van der Waals surface area contributed by atoms with Crippen LogP contribution in [0.4, 0.5) is 4.39 Å². The van der Waals surface area contributed by atoms with Crippen LogP contribution in [0.2, 0.25) is 0 Å². The van der Waals surface area contributed by atoms with Gasteiger partial charge in [-0.05, 0) is 29.4 Å². The molecule has 2 radical (unpaired) electrons. The summed E-state index contributed by atoms with van der Waals surface area (Å²) < 4.78 is 13.3. The van der Waals surface area contributed by atoms with E-state index in [9.17, 15) is 4.39 Å². The summed E-state index contributed by atoms with van der Waals surface area (Å²) in [4.78, 5) is 0. The minimum absolute atomic E-state index is 0.171. The Morgan fingerprint density at radius 1 is 1.43 bits per heavy atom. The van der Waals surface area contributed by atoms with Crippen molar-refractivity contribution in [3.05, 3.63) is 35.1 Å². The van der Waals surface area contributed by atoms with Crippen molar-refractivity contribution in [3.8, 4) is 0 Å². The summed E-state index contributed by atoms with van der Waals surface area (Å²) in [7, 11) is 6.10. The van der Waals surface area contributed by atoms with Gasteiger partial charge in [-0.1, -0.05) is 38.8 Å². The molecule has 2 heteroatoms. The molecule has 1 atom stereocenters. The molecular weight excluding hydrogens is 174 g/mol. The Morgan fingerprint density at radius 2 is 2.07 bits per heavy atom. The van der Waals surface area contributed by atoms with Gasteiger partial charge < -0.3 is 0 Å². The minimum Gasteiger partial charge on any atom is -0.207 e. The molecule has 0 spiro atoms. The number of benzene rings is 1. The zero-order chi connectivity index (χ0) is 10.8. The summed E-state index contributed by atoms with van der Waals surface area (Å²) in [5, 5.41) is -0.413. The van der Waals surface area contributed by atoms with Gasteiger partial charge in [-0.15, -0.1) is 0 Å². The Morgan fingerprint density at radius 3 is 2.57 bits per heavy atom. The first-order valence-electron chi connectivity index (χ1n) is 5.03. The van der Waals surface area contributed by atoms with Gasteiger partial charge in [-0.2, -0.15) is 0 Å². The first-order valence-corrected chi connectivity index (χ1v) is 5.03. The molecular formula is C12H16BF. The maximum atomic E-state index is 13.3. The largest absolute Gasteiger partial charge is 0.207 e. The van der Waals surface area contributed by atoms with E-state index in [0.717, 1.165) is 18.4 Å². The molecule has 0 amide bonds. The van der Waals surface area contributed by atoms with Gasteiger partial charge in [-0.3, -0.25) is 0 Å². The van der Waals surface area contributed by atoms with Gasteiger partial charge in [0.1, 0.15) is 5.82 Å². The molecule has 0 nitrogen and oxygen atoms in total. The minimum atomic E-state index is -0.413. The highest BCUT2D eigenvalue weighted by Crippen LogP contribution is 2.26. The highest BCUT2D eigenvalue weighted by Gasteiger charge is 2.19. The highest BCUT2D eigenvalue weighted by molar-refractivity contribution is 6.15. The molecule has 74 valence electrons. The van der Waals surface area contributed by atoms with E-state index in [2.05, 4.69) is 6.92 Å². The number of rotatable bonds is 3. The molecule has 0 saturated carbocycles. The predicted octanol–water partition coefficient (Wildman–Crippen LogP) is 3.32. The Balaban J connectivity index is 3.01. The third-order valence-electron chi connectivity index (χ3n) is 2.60. The molecule has 1 rings (SSSR count). The van der Waals surface area contributed by atoms with Crippen LogP contribution >= 0.6 is 0 Å². The summed E-state index contributed by atoms with van der Waals surface area (Å²) in [5.74, 6) is -0.171. The quantitative estimate of drug-likeness (QED) is 0.641. The van der Waals surface area contributed by atoms with Crippen molar-refractivity contribution in [1.29, 1.82) is 0 Å². The summed E-state index contributed by atoms with van der Waals surface area (Å²) in [6, 6.07) is 5.24. The lowest BCUT2D eigenvalue weighted by Gasteiger charge is -2.25. The van der Waals surface area contributed by atoms with Crippen LogP contribution in [0.25, 0.3) is 0 Å². The maximum absolute atomic E-state index is 13.3.